The molecule has 0 radical (unpaired) electrons. The van der Waals surface area contributed by atoms with E-state index >= 15 is 0 Å². The van der Waals surface area contributed by atoms with Crippen LogP contribution < -0.4 is 10.5 Å². The molecule has 0 aromatic carbocycles. The molecule has 7 nitrogen and oxygen atoms in total. The fourth-order valence-corrected chi connectivity index (χ4v) is 3.55. The topological polar surface area (TPSA) is 88.2 Å². The zero-order valence-electron chi connectivity index (χ0n) is 17.3. The van der Waals surface area contributed by atoms with Gasteiger partial charge in [0, 0.05) is 38.1 Å². The highest BCUT2D eigenvalue weighted by atomic mass is 19.4. The number of esters is 1. The Balaban J connectivity index is 1.51. The number of carbonyl (C=O) groups excluding carboxylic acids is 1. The van der Waals surface area contributed by atoms with E-state index in [0.29, 0.717) is 31.9 Å². The average molecular weight is 478 g/mol. The van der Waals surface area contributed by atoms with Crippen molar-refractivity contribution >= 4 is 11.9 Å². The van der Waals surface area contributed by atoms with E-state index in [4.69, 9.17) is 4.74 Å². The number of hydrogen-bond donors (Lipinski definition) is 1. The second-order valence-electron chi connectivity index (χ2n) is 7.83. The van der Waals surface area contributed by atoms with Crippen LogP contribution in [0.5, 0.6) is 0 Å². The van der Waals surface area contributed by atoms with Gasteiger partial charge < -0.3 is 14.6 Å². The van der Waals surface area contributed by atoms with Crippen LogP contribution in [0, 0.1) is 5.92 Å². The summed E-state index contributed by atoms with van der Waals surface area (Å²) < 4.78 is 81.7. The second-order valence-corrected chi connectivity index (χ2v) is 7.83. The molecule has 1 aliphatic rings. The van der Waals surface area contributed by atoms with Gasteiger partial charge in [0.05, 0.1) is 12.0 Å². The van der Waals surface area contributed by atoms with Crippen LogP contribution in [-0.4, -0.2) is 40.1 Å². The number of nitrogens with zero attached hydrogens (tertiary/aromatic N) is 3. The maximum Gasteiger partial charge on any atom is 0.421 e. The summed E-state index contributed by atoms with van der Waals surface area (Å²) in [5.41, 5.74) is -3.37. The monoisotopic (exact) mass is 478 g/mol. The van der Waals surface area contributed by atoms with Crippen molar-refractivity contribution < 1.29 is 35.9 Å². The third-order valence-electron chi connectivity index (χ3n) is 5.11. The van der Waals surface area contributed by atoms with Crippen molar-refractivity contribution in [1.82, 2.24) is 15.0 Å². The minimum absolute atomic E-state index is 0.0260. The molecular formula is C20H20F6N4O3. The average Bonchev–Trinajstić information content (AvgIpc) is 3.16. The van der Waals surface area contributed by atoms with Gasteiger partial charge in [0.2, 0.25) is 5.95 Å². The molecule has 3 rings (SSSR count). The Kier molecular flexibility index (Phi) is 6.98. The van der Waals surface area contributed by atoms with Gasteiger partial charge in [0.15, 0.2) is 0 Å². The molecule has 0 amide bonds. The van der Waals surface area contributed by atoms with Crippen LogP contribution in [0.25, 0.3) is 0 Å². The molecule has 2 aromatic rings. The maximum atomic E-state index is 12.9. The van der Waals surface area contributed by atoms with Crippen molar-refractivity contribution in [3.05, 3.63) is 51.7 Å². The first kappa shape index (κ1) is 24.5. The summed E-state index contributed by atoms with van der Waals surface area (Å²) in [6.07, 6.45) is -6.95. The van der Waals surface area contributed by atoms with Crippen molar-refractivity contribution in [2.24, 2.45) is 5.92 Å². The number of ether oxygens (including phenoxy) is 1. The van der Waals surface area contributed by atoms with Crippen LogP contribution in [0.2, 0.25) is 0 Å². The zero-order valence-corrected chi connectivity index (χ0v) is 17.3. The first-order valence-corrected chi connectivity index (χ1v) is 9.95. The third kappa shape index (κ3) is 6.45. The van der Waals surface area contributed by atoms with Gasteiger partial charge in [0.25, 0.3) is 5.56 Å². The van der Waals surface area contributed by atoms with Crippen molar-refractivity contribution in [2.75, 3.05) is 18.0 Å². The van der Waals surface area contributed by atoms with Crippen LogP contribution in [0.15, 0.2) is 29.5 Å². The van der Waals surface area contributed by atoms with Gasteiger partial charge >= 0.3 is 18.3 Å². The van der Waals surface area contributed by atoms with Crippen LogP contribution >= 0.6 is 0 Å². The molecule has 1 fully saturated rings. The fourth-order valence-electron chi connectivity index (χ4n) is 3.55. The van der Waals surface area contributed by atoms with Crippen molar-refractivity contribution in [3.63, 3.8) is 0 Å². The molecule has 1 N–H and O–H groups in total. The summed E-state index contributed by atoms with van der Waals surface area (Å²) in [6.45, 7) is 2.33. The number of nitrogens with one attached hydrogen (secondary N) is 1. The Morgan fingerprint density at radius 2 is 1.88 bits per heavy atom. The van der Waals surface area contributed by atoms with Crippen molar-refractivity contribution in [2.45, 2.75) is 44.6 Å². The molecule has 0 unspecified atom stereocenters. The molecule has 2 atom stereocenters. The standard InChI is InChI=1S/C20H20F6N4O3/c1-11(4-13-5-15(20(24,25)26)17(32)27-7-13)33-16(31)6-12-2-3-30(10-12)18-28-8-14(9-29-18)19(21,22)23/h5,7-9,11-12H,2-4,6,10H2,1H3,(H,27,32)/t11-,12+/m0/s1. The highest BCUT2D eigenvalue weighted by molar-refractivity contribution is 5.70. The van der Waals surface area contributed by atoms with Crippen LogP contribution in [-0.2, 0) is 28.3 Å². The number of aromatic nitrogens is 3. The number of halogens is 6. The van der Waals surface area contributed by atoms with Crippen molar-refractivity contribution in [3.8, 4) is 0 Å². The number of carbonyl (C=O) groups is 1. The summed E-state index contributed by atoms with van der Waals surface area (Å²) in [5.74, 6) is -0.561. The minimum Gasteiger partial charge on any atom is -0.462 e. The largest absolute Gasteiger partial charge is 0.462 e. The van der Waals surface area contributed by atoms with E-state index in [1.165, 1.54) is 6.92 Å². The number of H-pyrrole nitrogens is 1. The van der Waals surface area contributed by atoms with Crippen LogP contribution in [0.3, 0.4) is 0 Å². The van der Waals surface area contributed by atoms with Gasteiger partial charge in [-0.15, -0.1) is 0 Å². The highest BCUT2D eigenvalue weighted by Crippen LogP contribution is 2.30. The Hall–Kier alpha value is -3.12. The van der Waals surface area contributed by atoms with E-state index in [0.717, 1.165) is 12.3 Å². The molecule has 13 heteroatoms. The Morgan fingerprint density at radius 1 is 1.21 bits per heavy atom. The lowest BCUT2D eigenvalue weighted by Crippen LogP contribution is -2.25. The lowest BCUT2D eigenvalue weighted by Gasteiger charge is -2.18. The Labute approximate surface area is 183 Å². The smallest absolute Gasteiger partial charge is 0.421 e. The van der Waals surface area contributed by atoms with Gasteiger partial charge in [-0.1, -0.05) is 0 Å². The summed E-state index contributed by atoms with van der Waals surface area (Å²) in [4.78, 5) is 34.8. The van der Waals surface area contributed by atoms with Crippen LogP contribution in [0.4, 0.5) is 32.3 Å². The first-order chi connectivity index (χ1) is 15.3. The summed E-state index contributed by atoms with van der Waals surface area (Å²) in [5, 5.41) is 0. The van der Waals surface area contributed by atoms with Gasteiger partial charge in [-0.2, -0.15) is 26.3 Å². The van der Waals surface area contributed by atoms with Crippen LogP contribution in [0.1, 0.15) is 36.5 Å². The molecule has 0 bridgehead atoms. The van der Waals surface area contributed by atoms with E-state index in [9.17, 15) is 35.9 Å². The van der Waals surface area contributed by atoms with Gasteiger partial charge in [-0.3, -0.25) is 9.59 Å². The van der Waals surface area contributed by atoms with E-state index in [-0.39, 0.29) is 30.3 Å². The Bertz CT molecular complexity index is 1040. The molecule has 0 spiro atoms. The molecular weight excluding hydrogens is 458 g/mol. The number of aromatic amines is 1. The predicted octanol–water partition coefficient (Wildman–Crippen LogP) is 3.59. The normalized spacial score (nSPS) is 17.8. The molecule has 1 aliphatic heterocycles. The number of hydrogen-bond acceptors (Lipinski definition) is 6. The predicted molar refractivity (Wildman–Crippen MR) is 103 cm³/mol. The number of pyridine rings is 1. The molecule has 0 aliphatic carbocycles. The third-order valence-corrected chi connectivity index (χ3v) is 5.11. The molecule has 180 valence electrons. The minimum atomic E-state index is -4.80. The quantitative estimate of drug-likeness (QED) is 0.505. The number of alkyl halides is 6. The van der Waals surface area contributed by atoms with Gasteiger partial charge in [0.1, 0.15) is 11.7 Å². The van der Waals surface area contributed by atoms with Crippen molar-refractivity contribution in [1.29, 1.82) is 0 Å². The second kappa shape index (κ2) is 9.40. The molecule has 3 heterocycles. The number of anilines is 1. The van der Waals surface area contributed by atoms with E-state index in [1.54, 1.807) is 4.90 Å². The van der Waals surface area contributed by atoms with Gasteiger partial charge in [-0.25, -0.2) is 9.97 Å². The first-order valence-electron chi connectivity index (χ1n) is 9.95. The van der Waals surface area contributed by atoms with Gasteiger partial charge in [-0.05, 0) is 30.9 Å². The molecule has 33 heavy (non-hydrogen) atoms. The zero-order chi connectivity index (χ0) is 24.4. The maximum absolute atomic E-state index is 12.9. The highest BCUT2D eigenvalue weighted by Gasteiger charge is 2.35. The molecule has 1 saturated heterocycles. The van der Waals surface area contributed by atoms with E-state index in [2.05, 4.69) is 9.97 Å². The lowest BCUT2D eigenvalue weighted by molar-refractivity contribution is -0.149. The summed E-state index contributed by atoms with van der Waals surface area (Å²) in [6, 6.07) is 0.724. The molecule has 0 saturated carbocycles. The van der Waals surface area contributed by atoms with E-state index in [1.807, 2.05) is 4.98 Å². The summed E-state index contributed by atoms with van der Waals surface area (Å²) in [7, 11) is 0. The molecule has 2 aromatic heterocycles. The summed E-state index contributed by atoms with van der Waals surface area (Å²) >= 11 is 0. The fraction of sp³-hybridized carbons (Fsp3) is 0.500. The number of rotatable bonds is 6. The SMILES string of the molecule is C[C@@H](Cc1c[nH]c(=O)c(C(F)(F)F)c1)OC(=O)C[C@H]1CCN(c2ncc(C(F)(F)F)cn2)C1. The van der Waals surface area contributed by atoms with E-state index < -0.39 is 41.1 Å². The lowest BCUT2D eigenvalue weighted by atomic mass is 10.1. The Morgan fingerprint density at radius 3 is 2.48 bits per heavy atom.